The highest BCUT2D eigenvalue weighted by Crippen LogP contribution is 2.37. The van der Waals surface area contributed by atoms with Crippen molar-refractivity contribution < 1.29 is 0 Å². The highest BCUT2D eigenvalue weighted by molar-refractivity contribution is 5.55. The van der Waals surface area contributed by atoms with E-state index in [0.29, 0.717) is 6.04 Å². The number of nitrogen functional groups attached to an aromatic ring is 1. The third kappa shape index (κ3) is 2.06. The molecule has 3 nitrogen and oxygen atoms in total. The lowest BCUT2D eigenvalue weighted by molar-refractivity contribution is 0.243. The second-order valence-corrected chi connectivity index (χ2v) is 5.85. The van der Waals surface area contributed by atoms with E-state index in [-0.39, 0.29) is 0 Å². The van der Waals surface area contributed by atoms with E-state index in [0.717, 1.165) is 29.5 Å². The smallest absolute Gasteiger partial charge is 0.130 e. The van der Waals surface area contributed by atoms with E-state index in [1.54, 1.807) is 0 Å². The van der Waals surface area contributed by atoms with E-state index < -0.39 is 0 Å². The number of nitrogens with two attached hydrogens (primary N) is 1. The summed E-state index contributed by atoms with van der Waals surface area (Å²) in [5.41, 5.74) is 7.98. The molecule has 1 aliphatic heterocycles. The fraction of sp³-hybridized carbons (Fsp3) is 0.667. The first-order valence-corrected chi connectivity index (χ1v) is 7.24. The van der Waals surface area contributed by atoms with Crippen LogP contribution in [-0.4, -0.2) is 17.6 Å². The van der Waals surface area contributed by atoms with Crippen molar-refractivity contribution in [2.45, 2.75) is 51.5 Å². The summed E-state index contributed by atoms with van der Waals surface area (Å²) >= 11 is 0. The van der Waals surface area contributed by atoms with Gasteiger partial charge in [0, 0.05) is 30.5 Å². The molecular weight excluding hydrogens is 222 g/mol. The molecule has 2 heterocycles. The fourth-order valence-electron chi connectivity index (χ4n) is 3.59. The molecule has 0 bridgehead atoms. The van der Waals surface area contributed by atoms with Gasteiger partial charge in [-0.1, -0.05) is 12.8 Å². The SMILES string of the molecule is Cc1cnc(N2CCCC3CCCCC32)cc1N. The summed E-state index contributed by atoms with van der Waals surface area (Å²) in [7, 11) is 0. The van der Waals surface area contributed by atoms with Gasteiger partial charge < -0.3 is 10.6 Å². The molecule has 2 N–H and O–H groups in total. The van der Waals surface area contributed by atoms with E-state index in [2.05, 4.69) is 16.0 Å². The third-order valence-corrected chi connectivity index (χ3v) is 4.67. The second kappa shape index (κ2) is 4.79. The second-order valence-electron chi connectivity index (χ2n) is 5.85. The van der Waals surface area contributed by atoms with E-state index in [1.807, 2.05) is 13.1 Å². The van der Waals surface area contributed by atoms with Crippen LogP contribution in [0.25, 0.3) is 0 Å². The van der Waals surface area contributed by atoms with Crippen molar-refractivity contribution in [3.8, 4) is 0 Å². The summed E-state index contributed by atoms with van der Waals surface area (Å²) in [6.07, 6.45) is 10.1. The first-order valence-electron chi connectivity index (χ1n) is 7.24. The quantitative estimate of drug-likeness (QED) is 0.826. The predicted octanol–water partition coefficient (Wildman–Crippen LogP) is 3.13. The van der Waals surface area contributed by atoms with Crippen molar-refractivity contribution in [2.24, 2.45) is 5.92 Å². The number of nitrogens with zero attached hydrogens (tertiary/aromatic N) is 2. The third-order valence-electron chi connectivity index (χ3n) is 4.67. The largest absolute Gasteiger partial charge is 0.398 e. The number of anilines is 2. The average Bonchev–Trinajstić information content (AvgIpc) is 2.41. The van der Waals surface area contributed by atoms with E-state index >= 15 is 0 Å². The molecule has 0 radical (unpaired) electrons. The molecule has 1 aromatic rings. The van der Waals surface area contributed by atoms with Gasteiger partial charge in [-0.15, -0.1) is 0 Å². The first-order chi connectivity index (χ1) is 8.75. The maximum absolute atomic E-state index is 6.03. The molecule has 3 rings (SSSR count). The molecule has 1 saturated heterocycles. The van der Waals surface area contributed by atoms with Crippen LogP contribution in [0.2, 0.25) is 0 Å². The molecule has 3 heteroatoms. The molecular formula is C15H23N3. The summed E-state index contributed by atoms with van der Waals surface area (Å²) in [6, 6.07) is 2.77. The first kappa shape index (κ1) is 11.8. The van der Waals surface area contributed by atoms with Crippen LogP contribution >= 0.6 is 0 Å². The van der Waals surface area contributed by atoms with Crippen molar-refractivity contribution >= 4 is 11.5 Å². The molecule has 2 atom stereocenters. The number of pyridine rings is 1. The zero-order chi connectivity index (χ0) is 12.5. The van der Waals surface area contributed by atoms with Crippen molar-refractivity contribution in [3.05, 3.63) is 17.8 Å². The molecule has 98 valence electrons. The summed E-state index contributed by atoms with van der Waals surface area (Å²) < 4.78 is 0. The Bertz CT molecular complexity index is 428. The van der Waals surface area contributed by atoms with Crippen LogP contribution < -0.4 is 10.6 Å². The van der Waals surface area contributed by atoms with Gasteiger partial charge in [-0.25, -0.2) is 4.98 Å². The zero-order valence-electron chi connectivity index (χ0n) is 11.2. The Hall–Kier alpha value is -1.25. The summed E-state index contributed by atoms with van der Waals surface area (Å²) in [4.78, 5) is 7.12. The van der Waals surface area contributed by atoms with Gasteiger partial charge in [-0.2, -0.15) is 0 Å². The van der Waals surface area contributed by atoms with Crippen LogP contribution in [0.4, 0.5) is 11.5 Å². The average molecular weight is 245 g/mol. The molecule has 0 aromatic carbocycles. The van der Waals surface area contributed by atoms with E-state index in [4.69, 9.17) is 5.73 Å². The lowest BCUT2D eigenvalue weighted by atomic mass is 9.78. The number of piperidine rings is 1. The van der Waals surface area contributed by atoms with Gasteiger partial charge in [0.25, 0.3) is 0 Å². The van der Waals surface area contributed by atoms with Crippen LogP contribution in [-0.2, 0) is 0 Å². The number of hydrogen-bond donors (Lipinski definition) is 1. The molecule has 1 aliphatic carbocycles. The molecule has 0 spiro atoms. The molecule has 2 aliphatic rings. The molecule has 18 heavy (non-hydrogen) atoms. The van der Waals surface area contributed by atoms with Gasteiger partial charge in [0.05, 0.1) is 0 Å². The standard InChI is InChI=1S/C15H23N3/c1-11-10-17-15(9-13(11)16)18-8-4-6-12-5-2-3-7-14(12)18/h9-10,12,14H,2-8H2,1H3,(H2,16,17). The monoisotopic (exact) mass is 245 g/mol. The fourth-order valence-corrected chi connectivity index (χ4v) is 3.59. The number of fused-ring (bicyclic) bond motifs is 1. The predicted molar refractivity (Wildman–Crippen MR) is 75.7 cm³/mol. The minimum Gasteiger partial charge on any atom is -0.398 e. The van der Waals surface area contributed by atoms with Gasteiger partial charge in [0.2, 0.25) is 0 Å². The molecule has 1 saturated carbocycles. The Morgan fingerprint density at radius 1 is 1.22 bits per heavy atom. The minimum atomic E-state index is 0.710. The van der Waals surface area contributed by atoms with Gasteiger partial charge in [0.1, 0.15) is 5.82 Å². The number of aromatic nitrogens is 1. The van der Waals surface area contributed by atoms with Crippen LogP contribution in [0, 0.1) is 12.8 Å². The molecule has 1 aromatic heterocycles. The Morgan fingerprint density at radius 2 is 2.00 bits per heavy atom. The number of rotatable bonds is 1. The van der Waals surface area contributed by atoms with Gasteiger partial charge in [0.15, 0.2) is 0 Å². The lowest BCUT2D eigenvalue weighted by Crippen LogP contribution is -2.47. The Kier molecular flexibility index (Phi) is 3.14. The molecule has 2 unspecified atom stereocenters. The molecule has 0 amide bonds. The highest BCUT2D eigenvalue weighted by Gasteiger charge is 2.33. The summed E-state index contributed by atoms with van der Waals surface area (Å²) in [5.74, 6) is 1.98. The van der Waals surface area contributed by atoms with Crippen molar-refractivity contribution in [1.82, 2.24) is 4.98 Å². The highest BCUT2D eigenvalue weighted by atomic mass is 15.2. The van der Waals surface area contributed by atoms with Gasteiger partial charge >= 0.3 is 0 Å². The number of hydrogen-bond acceptors (Lipinski definition) is 3. The van der Waals surface area contributed by atoms with E-state index in [9.17, 15) is 0 Å². The van der Waals surface area contributed by atoms with Crippen LogP contribution in [0.5, 0.6) is 0 Å². The van der Waals surface area contributed by atoms with Crippen LogP contribution in [0.3, 0.4) is 0 Å². The Balaban J connectivity index is 1.87. The van der Waals surface area contributed by atoms with E-state index in [1.165, 1.54) is 38.5 Å². The molecule has 2 fully saturated rings. The Morgan fingerprint density at radius 3 is 2.83 bits per heavy atom. The maximum Gasteiger partial charge on any atom is 0.130 e. The van der Waals surface area contributed by atoms with Crippen molar-refractivity contribution in [3.63, 3.8) is 0 Å². The van der Waals surface area contributed by atoms with Gasteiger partial charge in [-0.3, -0.25) is 0 Å². The maximum atomic E-state index is 6.03. The van der Waals surface area contributed by atoms with Gasteiger partial charge in [-0.05, 0) is 44.1 Å². The Labute approximate surface area is 109 Å². The van der Waals surface area contributed by atoms with Crippen molar-refractivity contribution in [1.29, 1.82) is 0 Å². The minimum absolute atomic E-state index is 0.710. The zero-order valence-corrected chi connectivity index (χ0v) is 11.2. The lowest BCUT2D eigenvalue weighted by Gasteiger charge is -2.44. The number of aryl methyl sites for hydroxylation is 1. The van der Waals surface area contributed by atoms with Crippen molar-refractivity contribution in [2.75, 3.05) is 17.2 Å². The summed E-state index contributed by atoms with van der Waals surface area (Å²) in [6.45, 7) is 3.17. The normalized spacial score (nSPS) is 27.9. The topological polar surface area (TPSA) is 42.2 Å². The van der Waals surface area contributed by atoms with Crippen LogP contribution in [0.1, 0.15) is 44.1 Å². The summed E-state index contributed by atoms with van der Waals surface area (Å²) in [5, 5.41) is 0. The van der Waals surface area contributed by atoms with Crippen LogP contribution in [0.15, 0.2) is 12.3 Å².